The molecule has 0 atom stereocenters. The molecule has 1 aromatic rings. The summed E-state index contributed by atoms with van der Waals surface area (Å²) >= 11 is 0. The van der Waals surface area contributed by atoms with Crippen molar-refractivity contribution in [1.82, 2.24) is 4.90 Å². The molecule has 0 fully saturated rings. The summed E-state index contributed by atoms with van der Waals surface area (Å²) in [6.45, 7) is 1.61. The zero-order valence-corrected chi connectivity index (χ0v) is 10.3. The second kappa shape index (κ2) is 4.60. The average Bonchev–Trinajstić information content (AvgIpc) is 2.46. The van der Waals surface area contributed by atoms with Gasteiger partial charge in [0.15, 0.2) is 0 Å². The van der Waals surface area contributed by atoms with Gasteiger partial charge in [0, 0.05) is 13.5 Å². The van der Waals surface area contributed by atoms with E-state index < -0.39 is 0 Å². The van der Waals surface area contributed by atoms with E-state index in [9.17, 15) is 14.4 Å². The number of likely N-dealkylation sites (N-methyl/N-ethyl adjacent to an activating group) is 1. The lowest BCUT2D eigenvalue weighted by Gasteiger charge is -2.19. The van der Waals surface area contributed by atoms with E-state index in [0.29, 0.717) is 11.3 Å². The first-order valence-corrected chi connectivity index (χ1v) is 5.76. The van der Waals surface area contributed by atoms with Crippen LogP contribution in [0.25, 0.3) is 0 Å². The number of nitrogens with zero attached hydrogens (tertiary/aromatic N) is 2. The monoisotopic (exact) mass is 246 g/mol. The molecule has 3 amide bonds. The Bertz CT molecular complexity index is 525. The van der Waals surface area contributed by atoms with Crippen LogP contribution in [-0.4, -0.2) is 36.2 Å². The number of benzene rings is 1. The summed E-state index contributed by atoms with van der Waals surface area (Å²) in [5, 5.41) is 0. The molecule has 0 saturated heterocycles. The summed E-state index contributed by atoms with van der Waals surface area (Å²) in [4.78, 5) is 38.4. The standard InChI is InChI=1S/C13H14N2O3/c1-3-11(16)15-10-7-5-4-6-9(10)13(18)14(2)8-12(15)17/h4-7H,3,8H2,1-2H3. The highest BCUT2D eigenvalue weighted by molar-refractivity contribution is 6.20. The van der Waals surface area contributed by atoms with E-state index in [4.69, 9.17) is 0 Å². The van der Waals surface area contributed by atoms with Gasteiger partial charge >= 0.3 is 0 Å². The summed E-state index contributed by atoms with van der Waals surface area (Å²) in [5.74, 6) is -0.913. The number of carbonyl (C=O) groups excluding carboxylic acids is 3. The summed E-state index contributed by atoms with van der Waals surface area (Å²) < 4.78 is 0. The highest BCUT2D eigenvalue weighted by Crippen LogP contribution is 2.25. The number of imide groups is 1. The van der Waals surface area contributed by atoms with Crippen LogP contribution < -0.4 is 4.90 Å². The molecule has 5 nitrogen and oxygen atoms in total. The Hall–Kier alpha value is -2.17. The van der Waals surface area contributed by atoms with Crippen molar-refractivity contribution >= 4 is 23.4 Å². The summed E-state index contributed by atoms with van der Waals surface area (Å²) in [7, 11) is 1.55. The lowest BCUT2D eigenvalue weighted by Crippen LogP contribution is -2.40. The predicted octanol–water partition coefficient (Wildman–Crippen LogP) is 1.04. The van der Waals surface area contributed by atoms with Gasteiger partial charge in [0.1, 0.15) is 6.54 Å². The van der Waals surface area contributed by atoms with Crippen LogP contribution in [-0.2, 0) is 9.59 Å². The Morgan fingerprint density at radius 2 is 1.94 bits per heavy atom. The van der Waals surface area contributed by atoms with Gasteiger partial charge in [0.2, 0.25) is 5.91 Å². The van der Waals surface area contributed by atoms with Crippen LogP contribution >= 0.6 is 0 Å². The fourth-order valence-electron chi connectivity index (χ4n) is 1.97. The van der Waals surface area contributed by atoms with Gasteiger partial charge in [-0.15, -0.1) is 0 Å². The molecule has 0 spiro atoms. The number of carbonyl (C=O) groups is 3. The van der Waals surface area contributed by atoms with Crippen molar-refractivity contribution in [3.8, 4) is 0 Å². The predicted molar refractivity (Wildman–Crippen MR) is 66.2 cm³/mol. The molecule has 18 heavy (non-hydrogen) atoms. The van der Waals surface area contributed by atoms with Crippen LogP contribution in [0.4, 0.5) is 5.69 Å². The van der Waals surface area contributed by atoms with E-state index in [1.54, 1.807) is 38.2 Å². The Morgan fingerprint density at radius 3 is 2.61 bits per heavy atom. The number of rotatable bonds is 1. The topological polar surface area (TPSA) is 57.7 Å². The van der Waals surface area contributed by atoms with Crippen molar-refractivity contribution in [1.29, 1.82) is 0 Å². The minimum atomic E-state index is -0.373. The van der Waals surface area contributed by atoms with Crippen molar-refractivity contribution < 1.29 is 14.4 Å². The van der Waals surface area contributed by atoms with Crippen LogP contribution in [0.15, 0.2) is 24.3 Å². The third kappa shape index (κ3) is 1.88. The maximum atomic E-state index is 12.1. The van der Waals surface area contributed by atoms with Crippen molar-refractivity contribution in [3.63, 3.8) is 0 Å². The first-order valence-electron chi connectivity index (χ1n) is 5.76. The molecular weight excluding hydrogens is 232 g/mol. The molecule has 0 bridgehead atoms. The normalized spacial score (nSPS) is 15.4. The Kier molecular flexibility index (Phi) is 3.14. The minimum Gasteiger partial charge on any atom is -0.332 e. The first-order chi connectivity index (χ1) is 8.56. The van der Waals surface area contributed by atoms with E-state index in [2.05, 4.69) is 0 Å². The molecule has 1 aliphatic rings. The fraction of sp³-hybridized carbons (Fsp3) is 0.308. The minimum absolute atomic E-state index is 0.0841. The summed E-state index contributed by atoms with van der Waals surface area (Å²) in [6.07, 6.45) is 0.220. The van der Waals surface area contributed by atoms with Crippen molar-refractivity contribution in [2.75, 3.05) is 18.5 Å². The van der Waals surface area contributed by atoms with Crippen LogP contribution in [0.5, 0.6) is 0 Å². The van der Waals surface area contributed by atoms with Gasteiger partial charge in [0.25, 0.3) is 11.8 Å². The number of anilines is 1. The van der Waals surface area contributed by atoms with E-state index in [1.165, 1.54) is 4.90 Å². The zero-order chi connectivity index (χ0) is 13.3. The number of para-hydroxylation sites is 1. The lowest BCUT2D eigenvalue weighted by molar-refractivity contribution is -0.126. The molecule has 0 aromatic heterocycles. The Morgan fingerprint density at radius 1 is 1.28 bits per heavy atom. The molecule has 0 radical (unpaired) electrons. The molecule has 5 heteroatoms. The molecule has 1 aliphatic heterocycles. The van der Waals surface area contributed by atoms with E-state index in [0.717, 1.165) is 4.90 Å². The summed E-state index contributed by atoms with van der Waals surface area (Å²) in [6, 6.07) is 6.68. The molecule has 1 heterocycles. The van der Waals surface area contributed by atoms with Crippen molar-refractivity contribution in [2.24, 2.45) is 0 Å². The molecule has 1 aromatic carbocycles. The third-order valence-electron chi connectivity index (χ3n) is 2.90. The Balaban J connectivity index is 2.61. The summed E-state index contributed by atoms with van der Waals surface area (Å²) in [5.41, 5.74) is 0.761. The molecular formula is C13H14N2O3. The lowest BCUT2D eigenvalue weighted by atomic mass is 10.1. The van der Waals surface area contributed by atoms with Gasteiger partial charge in [-0.25, -0.2) is 4.90 Å². The largest absolute Gasteiger partial charge is 0.332 e. The van der Waals surface area contributed by atoms with Gasteiger partial charge < -0.3 is 4.90 Å². The highest BCUT2D eigenvalue weighted by atomic mass is 16.2. The van der Waals surface area contributed by atoms with E-state index in [1.807, 2.05) is 0 Å². The van der Waals surface area contributed by atoms with Crippen LogP contribution in [0, 0.1) is 0 Å². The molecule has 0 aliphatic carbocycles. The maximum Gasteiger partial charge on any atom is 0.256 e. The van der Waals surface area contributed by atoms with Gasteiger partial charge in [0.05, 0.1) is 11.3 Å². The SMILES string of the molecule is CCC(=O)N1C(=O)CN(C)C(=O)c2ccccc21. The zero-order valence-electron chi connectivity index (χ0n) is 10.3. The van der Waals surface area contributed by atoms with E-state index in [-0.39, 0.29) is 30.7 Å². The quantitative estimate of drug-likeness (QED) is 0.744. The molecule has 0 saturated carbocycles. The van der Waals surface area contributed by atoms with Crippen LogP contribution in [0.1, 0.15) is 23.7 Å². The smallest absolute Gasteiger partial charge is 0.256 e. The molecule has 0 unspecified atom stereocenters. The molecule has 94 valence electrons. The van der Waals surface area contributed by atoms with Crippen LogP contribution in [0.3, 0.4) is 0 Å². The third-order valence-corrected chi connectivity index (χ3v) is 2.90. The van der Waals surface area contributed by atoms with Crippen molar-refractivity contribution in [2.45, 2.75) is 13.3 Å². The number of amides is 3. The van der Waals surface area contributed by atoms with Gasteiger partial charge in [-0.2, -0.15) is 0 Å². The number of hydrogen-bond donors (Lipinski definition) is 0. The molecule has 2 rings (SSSR count). The number of fused-ring (bicyclic) bond motifs is 1. The first kappa shape index (κ1) is 12.3. The van der Waals surface area contributed by atoms with Gasteiger partial charge in [-0.05, 0) is 12.1 Å². The molecule has 0 N–H and O–H groups in total. The fourth-order valence-corrected chi connectivity index (χ4v) is 1.97. The number of hydrogen-bond acceptors (Lipinski definition) is 3. The Labute approximate surface area is 105 Å². The highest BCUT2D eigenvalue weighted by Gasteiger charge is 2.32. The van der Waals surface area contributed by atoms with Gasteiger partial charge in [-0.1, -0.05) is 19.1 Å². The van der Waals surface area contributed by atoms with E-state index >= 15 is 0 Å². The van der Waals surface area contributed by atoms with Crippen LogP contribution in [0.2, 0.25) is 0 Å². The maximum absolute atomic E-state index is 12.1. The average molecular weight is 246 g/mol. The van der Waals surface area contributed by atoms with Crippen molar-refractivity contribution in [3.05, 3.63) is 29.8 Å². The second-order valence-electron chi connectivity index (χ2n) is 4.15. The second-order valence-corrected chi connectivity index (χ2v) is 4.15. The van der Waals surface area contributed by atoms with Gasteiger partial charge in [-0.3, -0.25) is 14.4 Å².